The number of para-hydroxylation sites is 1. The van der Waals surface area contributed by atoms with Crippen LogP contribution in [0.2, 0.25) is 0 Å². The zero-order valence-electron chi connectivity index (χ0n) is 15.0. The lowest BCUT2D eigenvalue weighted by Gasteiger charge is -2.18. The first-order valence-corrected chi connectivity index (χ1v) is 8.85. The molecule has 1 saturated carbocycles. The number of amides is 2. The molecule has 26 heavy (non-hydrogen) atoms. The molecular formula is C21H23FN2O2. The Morgan fingerprint density at radius 1 is 1.04 bits per heavy atom. The molecule has 136 valence electrons. The van der Waals surface area contributed by atoms with E-state index < -0.39 is 5.41 Å². The average molecular weight is 354 g/mol. The van der Waals surface area contributed by atoms with Crippen LogP contribution in [-0.2, 0) is 16.1 Å². The molecule has 3 rings (SSSR count). The molecule has 4 nitrogen and oxygen atoms in total. The van der Waals surface area contributed by atoms with Crippen LogP contribution in [0, 0.1) is 11.2 Å². The molecule has 0 radical (unpaired) electrons. The Balaban J connectivity index is 1.65. The second kappa shape index (κ2) is 7.28. The van der Waals surface area contributed by atoms with E-state index >= 15 is 0 Å². The van der Waals surface area contributed by atoms with Gasteiger partial charge in [0.2, 0.25) is 11.8 Å². The zero-order valence-corrected chi connectivity index (χ0v) is 15.0. The van der Waals surface area contributed by atoms with Crippen LogP contribution in [-0.4, -0.2) is 11.8 Å². The number of hydrogen-bond donors (Lipinski definition) is 2. The van der Waals surface area contributed by atoms with Gasteiger partial charge in [-0.2, -0.15) is 0 Å². The predicted molar refractivity (Wildman–Crippen MR) is 99.1 cm³/mol. The number of rotatable bonds is 6. The first-order chi connectivity index (χ1) is 12.4. The van der Waals surface area contributed by atoms with Gasteiger partial charge in [-0.05, 0) is 48.1 Å². The van der Waals surface area contributed by atoms with Crippen molar-refractivity contribution in [2.45, 2.75) is 39.2 Å². The van der Waals surface area contributed by atoms with E-state index in [9.17, 15) is 14.0 Å². The van der Waals surface area contributed by atoms with Crippen molar-refractivity contribution in [2.24, 2.45) is 5.41 Å². The van der Waals surface area contributed by atoms with E-state index in [2.05, 4.69) is 24.5 Å². The van der Waals surface area contributed by atoms with Gasteiger partial charge in [-0.25, -0.2) is 4.39 Å². The van der Waals surface area contributed by atoms with E-state index in [0.717, 1.165) is 16.8 Å². The summed E-state index contributed by atoms with van der Waals surface area (Å²) in [5.41, 5.74) is 1.60. The summed E-state index contributed by atoms with van der Waals surface area (Å²) in [5, 5.41) is 5.73. The smallest absolute Gasteiger partial charge is 0.240 e. The highest BCUT2D eigenvalue weighted by atomic mass is 19.1. The summed E-state index contributed by atoms with van der Waals surface area (Å²) in [5.74, 6) is -0.584. The normalized spacial score (nSPS) is 14.8. The molecule has 0 heterocycles. The minimum absolute atomic E-state index is 0.262. The highest BCUT2D eigenvalue weighted by Gasteiger charge is 2.56. The maximum Gasteiger partial charge on any atom is 0.240 e. The van der Waals surface area contributed by atoms with Gasteiger partial charge in [0.05, 0.1) is 0 Å². The van der Waals surface area contributed by atoms with Gasteiger partial charge in [0, 0.05) is 12.2 Å². The monoisotopic (exact) mass is 354 g/mol. The fourth-order valence-corrected chi connectivity index (χ4v) is 2.99. The Bertz CT molecular complexity index is 811. The third-order valence-corrected chi connectivity index (χ3v) is 4.82. The lowest BCUT2D eigenvalue weighted by molar-refractivity contribution is -0.134. The number of benzene rings is 2. The summed E-state index contributed by atoms with van der Waals surface area (Å²) in [6.45, 7) is 4.40. The van der Waals surface area contributed by atoms with Gasteiger partial charge in [-0.15, -0.1) is 0 Å². The van der Waals surface area contributed by atoms with Crippen LogP contribution in [0.4, 0.5) is 10.1 Å². The maximum atomic E-state index is 12.9. The van der Waals surface area contributed by atoms with Crippen molar-refractivity contribution in [3.05, 3.63) is 65.5 Å². The second-order valence-electron chi connectivity index (χ2n) is 7.09. The van der Waals surface area contributed by atoms with Crippen molar-refractivity contribution in [3.63, 3.8) is 0 Å². The average Bonchev–Trinajstić information content (AvgIpc) is 3.43. The van der Waals surface area contributed by atoms with Crippen LogP contribution < -0.4 is 10.6 Å². The SMILES string of the molecule is CC(C)c1ccccc1NC(=O)C1(C(=O)NCc2ccc(F)cc2)CC1. The molecular weight excluding hydrogens is 331 g/mol. The highest BCUT2D eigenvalue weighted by Crippen LogP contribution is 2.47. The number of carbonyl (C=O) groups is 2. The van der Waals surface area contributed by atoms with Gasteiger partial charge in [0.1, 0.15) is 11.2 Å². The third kappa shape index (κ3) is 3.77. The lowest BCUT2D eigenvalue weighted by Crippen LogP contribution is -2.39. The Morgan fingerprint density at radius 2 is 1.69 bits per heavy atom. The molecule has 2 N–H and O–H groups in total. The van der Waals surface area contributed by atoms with Crippen molar-refractivity contribution < 1.29 is 14.0 Å². The van der Waals surface area contributed by atoms with Crippen LogP contribution in [0.1, 0.15) is 43.7 Å². The van der Waals surface area contributed by atoms with Gasteiger partial charge >= 0.3 is 0 Å². The van der Waals surface area contributed by atoms with E-state index in [0.29, 0.717) is 12.8 Å². The molecule has 0 atom stereocenters. The van der Waals surface area contributed by atoms with Gasteiger partial charge in [0.25, 0.3) is 0 Å². The quantitative estimate of drug-likeness (QED) is 0.771. The fourth-order valence-electron chi connectivity index (χ4n) is 2.99. The van der Waals surface area contributed by atoms with Gasteiger partial charge in [-0.3, -0.25) is 9.59 Å². The molecule has 2 amide bonds. The Labute approximate surface area is 152 Å². The largest absolute Gasteiger partial charge is 0.351 e. The molecule has 1 aliphatic rings. The predicted octanol–water partition coefficient (Wildman–Crippen LogP) is 3.98. The number of anilines is 1. The molecule has 0 aromatic heterocycles. The Kier molecular flexibility index (Phi) is 5.07. The van der Waals surface area contributed by atoms with Crippen LogP contribution >= 0.6 is 0 Å². The van der Waals surface area contributed by atoms with E-state index in [1.807, 2.05) is 24.3 Å². The molecule has 2 aromatic carbocycles. The van der Waals surface area contributed by atoms with Crippen LogP contribution in [0.3, 0.4) is 0 Å². The van der Waals surface area contributed by atoms with E-state index in [4.69, 9.17) is 0 Å². The van der Waals surface area contributed by atoms with Crippen molar-refractivity contribution in [1.29, 1.82) is 0 Å². The van der Waals surface area contributed by atoms with E-state index in [1.165, 1.54) is 12.1 Å². The van der Waals surface area contributed by atoms with Gasteiger partial charge in [-0.1, -0.05) is 44.2 Å². The van der Waals surface area contributed by atoms with Gasteiger partial charge in [0.15, 0.2) is 0 Å². The standard InChI is InChI=1S/C21H23FN2O2/c1-14(2)17-5-3-4-6-18(17)24-20(26)21(11-12-21)19(25)23-13-15-7-9-16(22)10-8-15/h3-10,14H,11-13H2,1-2H3,(H,23,25)(H,24,26). The van der Waals surface area contributed by atoms with Crippen molar-refractivity contribution >= 4 is 17.5 Å². The molecule has 0 spiro atoms. The summed E-state index contributed by atoms with van der Waals surface area (Å²) in [6.07, 6.45) is 1.08. The van der Waals surface area contributed by atoms with Crippen LogP contribution in [0.5, 0.6) is 0 Å². The van der Waals surface area contributed by atoms with Crippen molar-refractivity contribution in [3.8, 4) is 0 Å². The Hall–Kier alpha value is -2.69. The summed E-state index contributed by atoms with van der Waals surface area (Å²) in [6, 6.07) is 13.6. The first-order valence-electron chi connectivity index (χ1n) is 8.85. The molecule has 1 aliphatic carbocycles. The number of carbonyl (C=O) groups excluding carboxylic acids is 2. The number of nitrogens with one attached hydrogen (secondary N) is 2. The lowest BCUT2D eigenvalue weighted by atomic mass is 9.99. The minimum atomic E-state index is -0.996. The third-order valence-electron chi connectivity index (χ3n) is 4.82. The summed E-state index contributed by atoms with van der Waals surface area (Å²) >= 11 is 0. The molecule has 0 unspecified atom stereocenters. The topological polar surface area (TPSA) is 58.2 Å². The fraction of sp³-hybridized carbons (Fsp3) is 0.333. The molecule has 1 fully saturated rings. The maximum absolute atomic E-state index is 12.9. The molecule has 0 saturated heterocycles. The molecule has 2 aromatic rings. The van der Waals surface area contributed by atoms with Crippen LogP contribution in [0.25, 0.3) is 0 Å². The second-order valence-corrected chi connectivity index (χ2v) is 7.09. The van der Waals surface area contributed by atoms with Crippen molar-refractivity contribution in [2.75, 3.05) is 5.32 Å². The van der Waals surface area contributed by atoms with Crippen molar-refractivity contribution in [1.82, 2.24) is 5.32 Å². The van der Waals surface area contributed by atoms with E-state index in [-0.39, 0.29) is 30.1 Å². The molecule has 0 bridgehead atoms. The van der Waals surface area contributed by atoms with Gasteiger partial charge < -0.3 is 10.6 Å². The summed E-state index contributed by atoms with van der Waals surface area (Å²) in [7, 11) is 0. The zero-order chi connectivity index (χ0) is 18.7. The van der Waals surface area contributed by atoms with Crippen LogP contribution in [0.15, 0.2) is 48.5 Å². The number of hydrogen-bond acceptors (Lipinski definition) is 2. The molecule has 5 heteroatoms. The minimum Gasteiger partial charge on any atom is -0.351 e. The first kappa shape index (κ1) is 18.1. The Morgan fingerprint density at radius 3 is 2.31 bits per heavy atom. The summed E-state index contributed by atoms with van der Waals surface area (Å²) < 4.78 is 12.9. The summed E-state index contributed by atoms with van der Waals surface area (Å²) in [4.78, 5) is 25.3. The van der Waals surface area contributed by atoms with E-state index in [1.54, 1.807) is 12.1 Å². The molecule has 0 aliphatic heterocycles. The number of halogens is 1. The highest BCUT2D eigenvalue weighted by molar-refractivity contribution is 6.13.